The van der Waals surface area contributed by atoms with E-state index in [0.717, 1.165) is 22.6 Å². The molecule has 1 unspecified atom stereocenters. The Labute approximate surface area is 233 Å². The van der Waals surface area contributed by atoms with Gasteiger partial charge >= 0.3 is 6.18 Å². The molecule has 0 bridgehead atoms. The molecule has 1 atom stereocenters. The lowest BCUT2D eigenvalue weighted by atomic mass is 10.1. The Hall–Kier alpha value is -3.85. The molecule has 0 saturated heterocycles. The van der Waals surface area contributed by atoms with Crippen LogP contribution in [0.2, 0.25) is 0 Å². The third-order valence-electron chi connectivity index (χ3n) is 5.72. The van der Waals surface area contributed by atoms with Gasteiger partial charge in [-0.3, -0.25) is 4.72 Å². The number of nitrogens with two attached hydrogens (primary N) is 1. The highest BCUT2D eigenvalue weighted by Crippen LogP contribution is 2.34. The number of benzene rings is 3. The summed E-state index contributed by atoms with van der Waals surface area (Å²) < 4.78 is 78.3. The van der Waals surface area contributed by atoms with Crippen LogP contribution in [0.5, 0.6) is 11.5 Å². The summed E-state index contributed by atoms with van der Waals surface area (Å²) in [6, 6.07) is 18.9. The molecule has 3 N–H and O–H groups in total. The highest BCUT2D eigenvalue weighted by atomic mass is 32.2. The molecule has 14 heteroatoms. The third kappa shape index (κ3) is 7.21. The number of carbonyl (C=O) groups is 1. The Morgan fingerprint density at radius 2 is 1.55 bits per heavy atom. The predicted octanol–water partition coefficient (Wildman–Crippen LogP) is 4.17. The van der Waals surface area contributed by atoms with Crippen molar-refractivity contribution < 1.29 is 35.9 Å². The highest BCUT2D eigenvalue weighted by Gasteiger charge is 2.35. The number of hydrogen-bond donors (Lipinski definition) is 3. The summed E-state index contributed by atoms with van der Waals surface area (Å²) in [5.74, 6) is 0.951. The zero-order valence-electron chi connectivity index (χ0n) is 20.6. The Bertz CT molecular complexity index is 1560. The summed E-state index contributed by atoms with van der Waals surface area (Å²) in [5.41, 5.74) is 0.550. The van der Waals surface area contributed by atoms with Gasteiger partial charge in [0.15, 0.2) is 5.69 Å². The lowest BCUT2D eigenvalue weighted by Gasteiger charge is -2.11. The number of aldehydes is 1. The van der Waals surface area contributed by atoms with Crippen LogP contribution in [0, 0.1) is 0 Å². The molecule has 3 aromatic carbocycles. The minimum Gasteiger partial charge on any atom is -0.458 e. The Balaban J connectivity index is 1.46. The van der Waals surface area contributed by atoms with E-state index in [1.807, 2.05) is 12.1 Å². The van der Waals surface area contributed by atoms with Crippen LogP contribution in [-0.4, -0.2) is 37.3 Å². The summed E-state index contributed by atoms with van der Waals surface area (Å²) in [5, 5.41) is 8.80. The third-order valence-corrected chi connectivity index (χ3v) is 6.98. The molecule has 1 aromatic heterocycles. The molecule has 0 aliphatic heterocycles. The van der Waals surface area contributed by atoms with Crippen LogP contribution in [0.4, 0.5) is 13.2 Å². The van der Waals surface area contributed by atoms with Gasteiger partial charge in [0.1, 0.15) is 17.8 Å². The van der Waals surface area contributed by atoms with Crippen LogP contribution in [0.15, 0.2) is 83.8 Å². The van der Waals surface area contributed by atoms with Crippen molar-refractivity contribution in [1.82, 2.24) is 14.5 Å². The van der Waals surface area contributed by atoms with Crippen molar-refractivity contribution in [2.45, 2.75) is 23.5 Å². The van der Waals surface area contributed by atoms with E-state index < -0.39 is 27.9 Å². The maximum absolute atomic E-state index is 13.5. The van der Waals surface area contributed by atoms with Gasteiger partial charge in [0.25, 0.3) is 0 Å². The van der Waals surface area contributed by atoms with Crippen LogP contribution in [0.3, 0.4) is 0 Å². The Morgan fingerprint density at radius 3 is 2.05 bits per heavy atom. The molecular formula is C26H23F3N4O5S2. The molecule has 0 radical (unpaired) electrons. The SMILES string of the molecule is NS(=O)(=O)c1ccc(-n2nc(C(F)(F)F)cc2-c2ccc(OCOc3ccc(CC(C=O)NS)cc3)cc2)cc1. The largest absolute Gasteiger partial charge is 0.458 e. The van der Waals surface area contributed by atoms with Gasteiger partial charge in [-0.15, -0.1) is 0 Å². The van der Waals surface area contributed by atoms with Gasteiger partial charge in [-0.25, -0.2) is 18.2 Å². The van der Waals surface area contributed by atoms with Gasteiger partial charge in [-0.05, 0) is 78.7 Å². The molecular weight excluding hydrogens is 569 g/mol. The van der Waals surface area contributed by atoms with E-state index in [9.17, 15) is 26.4 Å². The van der Waals surface area contributed by atoms with Gasteiger partial charge in [0, 0.05) is 5.56 Å². The van der Waals surface area contributed by atoms with Crippen molar-refractivity contribution >= 4 is 29.1 Å². The van der Waals surface area contributed by atoms with Crippen LogP contribution >= 0.6 is 12.8 Å². The predicted molar refractivity (Wildman–Crippen MR) is 144 cm³/mol. The number of halogens is 3. The number of sulfonamides is 1. The second kappa shape index (κ2) is 12.1. The topological polar surface area (TPSA) is 126 Å². The summed E-state index contributed by atoms with van der Waals surface area (Å²) in [6.07, 6.45) is -3.45. The van der Waals surface area contributed by atoms with Crippen molar-refractivity contribution in [3.8, 4) is 28.4 Å². The van der Waals surface area contributed by atoms with Crippen LogP contribution in [0.25, 0.3) is 16.9 Å². The molecule has 0 aliphatic carbocycles. The Kier molecular flexibility index (Phi) is 8.83. The molecule has 210 valence electrons. The van der Waals surface area contributed by atoms with Crippen LogP contribution in [0.1, 0.15) is 11.3 Å². The first-order chi connectivity index (χ1) is 19.0. The first-order valence-corrected chi connectivity index (χ1v) is 13.6. The maximum Gasteiger partial charge on any atom is 0.435 e. The van der Waals surface area contributed by atoms with E-state index in [-0.39, 0.29) is 23.1 Å². The van der Waals surface area contributed by atoms with Crippen molar-refractivity contribution in [2.75, 3.05) is 6.79 Å². The monoisotopic (exact) mass is 592 g/mol. The second-order valence-electron chi connectivity index (χ2n) is 8.51. The van der Waals surface area contributed by atoms with Crippen LogP contribution in [-0.2, 0) is 27.4 Å². The first-order valence-electron chi connectivity index (χ1n) is 11.6. The van der Waals surface area contributed by atoms with E-state index in [4.69, 9.17) is 14.6 Å². The molecule has 4 rings (SSSR count). The molecule has 0 spiro atoms. The number of carbonyl (C=O) groups excluding carboxylic acids is 1. The minimum atomic E-state index is -4.70. The number of alkyl halides is 3. The minimum absolute atomic E-state index is 0.125. The van der Waals surface area contributed by atoms with Gasteiger partial charge in [-0.2, -0.15) is 18.3 Å². The zero-order valence-corrected chi connectivity index (χ0v) is 22.3. The zero-order chi connectivity index (χ0) is 28.9. The molecule has 4 aromatic rings. The quantitative estimate of drug-likeness (QED) is 0.136. The normalized spacial score (nSPS) is 12.6. The van der Waals surface area contributed by atoms with Crippen molar-refractivity contribution in [3.63, 3.8) is 0 Å². The van der Waals surface area contributed by atoms with Gasteiger partial charge in [0.2, 0.25) is 16.8 Å². The van der Waals surface area contributed by atoms with E-state index >= 15 is 0 Å². The molecule has 0 aliphatic rings. The fourth-order valence-corrected chi connectivity index (χ4v) is 4.35. The Morgan fingerprint density at radius 1 is 0.975 bits per heavy atom. The number of ether oxygens (including phenoxy) is 2. The number of aromatic nitrogens is 2. The van der Waals surface area contributed by atoms with Gasteiger partial charge in [-0.1, -0.05) is 24.9 Å². The number of nitrogens with one attached hydrogen (secondary N) is 1. The van der Waals surface area contributed by atoms with E-state index in [2.05, 4.69) is 22.6 Å². The average Bonchev–Trinajstić information content (AvgIpc) is 3.39. The molecule has 0 fully saturated rings. The van der Waals surface area contributed by atoms with E-state index in [1.54, 1.807) is 36.4 Å². The number of rotatable bonds is 11. The number of nitrogens with zero attached hydrogens (tertiary/aromatic N) is 2. The fraction of sp³-hybridized carbons (Fsp3) is 0.154. The van der Waals surface area contributed by atoms with Crippen LogP contribution < -0.4 is 19.3 Å². The van der Waals surface area contributed by atoms with Crippen molar-refractivity contribution in [3.05, 3.63) is 90.1 Å². The summed E-state index contributed by atoms with van der Waals surface area (Å²) in [7, 11) is -3.97. The van der Waals surface area contributed by atoms with E-state index in [0.29, 0.717) is 23.5 Å². The first kappa shape index (κ1) is 29.1. The lowest BCUT2D eigenvalue weighted by molar-refractivity contribution is -0.141. The van der Waals surface area contributed by atoms with Gasteiger partial charge < -0.3 is 14.3 Å². The standard InChI is InChI=1S/C26H23F3N4O5S2/c27-26(28,29)25-14-24(33(31-25)20-5-11-23(12-6-20)40(30,35)36)18-3-9-22(10-4-18)38-16-37-21-7-1-17(2-8-21)13-19(15-34)32-39/h1-12,14-15,19,32,39H,13,16H2,(H2,30,35,36). The highest BCUT2D eigenvalue weighted by molar-refractivity contribution is 7.89. The number of primary sulfonamides is 1. The number of thiol groups is 1. The number of hydrogen-bond acceptors (Lipinski definition) is 8. The average molecular weight is 593 g/mol. The lowest BCUT2D eigenvalue weighted by Crippen LogP contribution is -2.24. The maximum atomic E-state index is 13.5. The molecule has 40 heavy (non-hydrogen) atoms. The molecule has 0 saturated carbocycles. The van der Waals surface area contributed by atoms with Crippen molar-refractivity contribution in [2.24, 2.45) is 5.14 Å². The summed E-state index contributed by atoms with van der Waals surface area (Å²) in [6.45, 7) is -0.125. The second-order valence-corrected chi connectivity index (χ2v) is 10.3. The smallest absolute Gasteiger partial charge is 0.435 e. The summed E-state index contributed by atoms with van der Waals surface area (Å²) >= 11 is 3.91. The van der Waals surface area contributed by atoms with Gasteiger partial charge in [0.05, 0.1) is 22.3 Å². The summed E-state index contributed by atoms with van der Waals surface area (Å²) in [4.78, 5) is 10.7. The van der Waals surface area contributed by atoms with E-state index in [1.165, 1.54) is 24.3 Å². The molecule has 1 heterocycles. The molecule has 0 amide bonds. The molecule has 9 nitrogen and oxygen atoms in total. The fourth-order valence-electron chi connectivity index (χ4n) is 3.69. The van der Waals surface area contributed by atoms with Crippen molar-refractivity contribution in [1.29, 1.82) is 0 Å².